The summed E-state index contributed by atoms with van der Waals surface area (Å²) in [5.41, 5.74) is 7.09. The normalized spacial score (nSPS) is 15.5. The molecule has 1 atom stereocenters. The highest BCUT2D eigenvalue weighted by Crippen LogP contribution is 2.40. The number of halogens is 1. The molecule has 0 saturated carbocycles. The van der Waals surface area contributed by atoms with E-state index in [-0.39, 0.29) is 9.96 Å². The van der Waals surface area contributed by atoms with Crippen LogP contribution in [-0.4, -0.2) is 34.1 Å². The van der Waals surface area contributed by atoms with Gasteiger partial charge < -0.3 is 4.74 Å². The predicted molar refractivity (Wildman–Crippen MR) is 129 cm³/mol. The van der Waals surface area contributed by atoms with Gasteiger partial charge in [-0.05, 0) is 59.2 Å². The van der Waals surface area contributed by atoms with Crippen molar-refractivity contribution >= 4 is 40.0 Å². The number of H-pyrrole nitrogens is 1. The van der Waals surface area contributed by atoms with Crippen LogP contribution in [0.25, 0.3) is 0 Å². The van der Waals surface area contributed by atoms with Gasteiger partial charge in [0.25, 0.3) is 5.91 Å². The lowest BCUT2D eigenvalue weighted by Crippen LogP contribution is -2.48. The summed E-state index contributed by atoms with van der Waals surface area (Å²) in [7, 11) is 1.63. The topological polar surface area (TPSA) is 82.6 Å². The smallest absolute Gasteiger partial charge is 0.269 e. The number of aromatic amines is 1. The number of hydrogen-bond donors (Lipinski definition) is 2. The molecular formula is C23H24IN5O2. The SMILES string of the molecule is COc1cccc(C2=Nc3c(n[nH]c3CC(C)C)C(I)N2NC(=O)c2ccccc2)c1. The van der Waals surface area contributed by atoms with Crippen molar-refractivity contribution in [1.29, 1.82) is 0 Å². The van der Waals surface area contributed by atoms with Gasteiger partial charge >= 0.3 is 0 Å². The summed E-state index contributed by atoms with van der Waals surface area (Å²) < 4.78 is 5.17. The number of aliphatic imine (C=N–C) groups is 1. The number of benzene rings is 2. The molecule has 7 nitrogen and oxygen atoms in total. The molecule has 8 heteroatoms. The number of alkyl halides is 1. The van der Waals surface area contributed by atoms with Crippen molar-refractivity contribution in [2.24, 2.45) is 10.9 Å². The molecule has 160 valence electrons. The fraction of sp³-hybridized carbons (Fsp3) is 0.261. The second kappa shape index (κ2) is 9.09. The maximum absolute atomic E-state index is 13.0. The number of fused-ring (bicyclic) bond motifs is 1. The summed E-state index contributed by atoms with van der Waals surface area (Å²) in [5.74, 6) is 1.61. The first-order valence-electron chi connectivity index (χ1n) is 10.1. The Balaban J connectivity index is 1.78. The Labute approximate surface area is 195 Å². The van der Waals surface area contributed by atoms with E-state index in [1.54, 1.807) is 24.3 Å². The molecule has 3 aromatic rings. The molecule has 2 heterocycles. The summed E-state index contributed by atoms with van der Waals surface area (Å²) in [6.07, 6.45) is 0.844. The maximum Gasteiger partial charge on any atom is 0.269 e. The van der Waals surface area contributed by atoms with Crippen LogP contribution in [0, 0.1) is 5.92 Å². The average molecular weight is 529 g/mol. The van der Waals surface area contributed by atoms with Crippen LogP contribution in [-0.2, 0) is 6.42 Å². The van der Waals surface area contributed by atoms with E-state index < -0.39 is 0 Å². The van der Waals surface area contributed by atoms with Gasteiger partial charge in [-0.1, -0.05) is 44.2 Å². The number of carbonyl (C=O) groups is 1. The van der Waals surface area contributed by atoms with E-state index in [4.69, 9.17) is 9.73 Å². The second-order valence-corrected chi connectivity index (χ2v) is 8.89. The minimum absolute atomic E-state index is 0.209. The van der Waals surface area contributed by atoms with E-state index >= 15 is 0 Å². The lowest BCUT2D eigenvalue weighted by molar-refractivity contribution is 0.0864. The Kier molecular flexibility index (Phi) is 6.26. The highest BCUT2D eigenvalue weighted by Gasteiger charge is 2.34. The first-order chi connectivity index (χ1) is 15.0. The van der Waals surface area contributed by atoms with Crippen molar-refractivity contribution < 1.29 is 9.53 Å². The standard InChI is InChI=1S/C23H24IN5O2/c1-14(2)12-18-19-20(27-26-18)21(24)29(28-23(30)15-8-5-4-6-9-15)22(25-19)16-10-7-11-17(13-16)31-3/h4-11,13-14,21H,12H2,1-3H3,(H,26,27)(H,28,30). The Bertz CT molecular complexity index is 1110. The highest BCUT2D eigenvalue weighted by molar-refractivity contribution is 14.1. The average Bonchev–Trinajstić information content (AvgIpc) is 3.18. The third-order valence-corrected chi connectivity index (χ3v) is 6.08. The fourth-order valence-corrected chi connectivity index (χ4v) is 4.30. The molecule has 1 amide bonds. The van der Waals surface area contributed by atoms with Gasteiger partial charge in [0.2, 0.25) is 0 Å². The number of hydrogen-bond acceptors (Lipinski definition) is 5. The first-order valence-corrected chi connectivity index (χ1v) is 11.3. The van der Waals surface area contributed by atoms with Crippen molar-refractivity contribution in [2.45, 2.75) is 24.3 Å². The highest BCUT2D eigenvalue weighted by atomic mass is 127. The number of nitrogens with zero attached hydrogens (tertiary/aromatic N) is 3. The van der Waals surface area contributed by atoms with Crippen molar-refractivity contribution in [1.82, 2.24) is 20.6 Å². The lowest BCUT2D eigenvalue weighted by Gasteiger charge is -2.33. The third-order valence-electron chi connectivity index (χ3n) is 4.94. The molecule has 0 bridgehead atoms. The van der Waals surface area contributed by atoms with Crippen LogP contribution in [0.15, 0.2) is 59.6 Å². The molecule has 1 aliphatic rings. The van der Waals surface area contributed by atoms with E-state index in [0.717, 1.165) is 34.8 Å². The Morgan fingerprint density at radius 2 is 2.00 bits per heavy atom. The van der Waals surface area contributed by atoms with E-state index in [0.29, 0.717) is 17.3 Å². The molecule has 0 saturated heterocycles. The van der Waals surface area contributed by atoms with Gasteiger partial charge in [0.1, 0.15) is 21.2 Å². The quantitative estimate of drug-likeness (QED) is 0.274. The maximum atomic E-state index is 13.0. The molecule has 0 spiro atoms. The zero-order valence-electron chi connectivity index (χ0n) is 17.6. The molecule has 0 fully saturated rings. The molecule has 1 unspecified atom stereocenters. The Hall–Kier alpha value is -2.88. The number of aromatic nitrogens is 2. The van der Waals surface area contributed by atoms with Crippen LogP contribution in [0.4, 0.5) is 5.69 Å². The van der Waals surface area contributed by atoms with Gasteiger partial charge in [0.05, 0.1) is 12.8 Å². The van der Waals surface area contributed by atoms with E-state index in [9.17, 15) is 4.79 Å². The fourth-order valence-electron chi connectivity index (χ4n) is 3.46. The van der Waals surface area contributed by atoms with E-state index in [1.807, 2.05) is 42.5 Å². The Morgan fingerprint density at radius 1 is 1.23 bits per heavy atom. The van der Waals surface area contributed by atoms with Crippen LogP contribution < -0.4 is 10.2 Å². The van der Waals surface area contributed by atoms with Crippen molar-refractivity contribution in [3.8, 4) is 5.75 Å². The predicted octanol–water partition coefficient (Wildman–Crippen LogP) is 4.79. The number of amidine groups is 1. The van der Waals surface area contributed by atoms with Gasteiger partial charge in [-0.25, -0.2) is 10.0 Å². The number of hydrazine groups is 1. The molecule has 1 aromatic heterocycles. The van der Waals surface area contributed by atoms with E-state index in [1.165, 1.54) is 0 Å². The number of methoxy groups -OCH3 is 1. The van der Waals surface area contributed by atoms with Gasteiger partial charge in [0, 0.05) is 11.1 Å². The molecule has 0 aliphatic carbocycles. The second-order valence-electron chi connectivity index (χ2n) is 7.71. The zero-order chi connectivity index (χ0) is 22.0. The minimum Gasteiger partial charge on any atom is -0.497 e. The third kappa shape index (κ3) is 4.43. The lowest BCUT2D eigenvalue weighted by atomic mass is 10.1. The molecule has 0 radical (unpaired) electrons. The molecule has 2 aromatic carbocycles. The summed E-state index contributed by atoms with van der Waals surface area (Å²) in [4.78, 5) is 17.9. The zero-order valence-corrected chi connectivity index (χ0v) is 19.8. The summed E-state index contributed by atoms with van der Waals surface area (Å²) in [5, 5.41) is 9.45. The van der Waals surface area contributed by atoms with E-state index in [2.05, 4.69) is 52.1 Å². The van der Waals surface area contributed by atoms with Crippen molar-refractivity contribution in [3.63, 3.8) is 0 Å². The number of amides is 1. The first kappa shape index (κ1) is 21.4. The van der Waals surface area contributed by atoms with Gasteiger partial charge in [0.15, 0.2) is 5.84 Å². The molecule has 2 N–H and O–H groups in total. The van der Waals surface area contributed by atoms with Crippen LogP contribution in [0.3, 0.4) is 0 Å². The summed E-state index contributed by atoms with van der Waals surface area (Å²) >= 11 is 2.29. The van der Waals surface area contributed by atoms with Crippen molar-refractivity contribution in [2.75, 3.05) is 7.11 Å². The number of ether oxygens (including phenoxy) is 1. The molecule has 4 rings (SSSR count). The number of carbonyl (C=O) groups excluding carboxylic acids is 1. The van der Waals surface area contributed by atoms with Gasteiger partial charge in [-0.2, -0.15) is 5.10 Å². The van der Waals surface area contributed by atoms with Crippen LogP contribution in [0.1, 0.15) is 45.2 Å². The monoisotopic (exact) mass is 529 g/mol. The minimum atomic E-state index is -0.240. The van der Waals surface area contributed by atoms with Crippen LogP contribution in [0.2, 0.25) is 0 Å². The van der Waals surface area contributed by atoms with Crippen molar-refractivity contribution in [3.05, 3.63) is 77.1 Å². The summed E-state index contributed by atoms with van der Waals surface area (Å²) in [6.45, 7) is 4.33. The Morgan fingerprint density at radius 3 is 2.71 bits per heavy atom. The summed E-state index contributed by atoms with van der Waals surface area (Å²) in [6, 6.07) is 16.8. The molecule has 1 aliphatic heterocycles. The van der Waals surface area contributed by atoms with Crippen LogP contribution >= 0.6 is 22.6 Å². The van der Waals surface area contributed by atoms with Gasteiger partial charge in [-0.3, -0.25) is 15.3 Å². The molecule has 31 heavy (non-hydrogen) atoms. The molecular weight excluding hydrogens is 505 g/mol. The van der Waals surface area contributed by atoms with Gasteiger partial charge in [-0.15, -0.1) is 0 Å². The largest absolute Gasteiger partial charge is 0.497 e. The number of nitrogens with one attached hydrogen (secondary N) is 2. The number of rotatable bonds is 6. The van der Waals surface area contributed by atoms with Crippen LogP contribution in [0.5, 0.6) is 5.75 Å².